The third-order valence-corrected chi connectivity index (χ3v) is 8.05. The van der Waals surface area contributed by atoms with Gasteiger partial charge in [0.15, 0.2) is 17.5 Å². The van der Waals surface area contributed by atoms with Crippen LogP contribution in [-0.2, 0) is 0 Å². The number of hydrogen-bond acceptors (Lipinski definition) is 6. The Kier molecular flexibility index (Phi) is 5.40. The van der Waals surface area contributed by atoms with Crippen molar-refractivity contribution in [3.63, 3.8) is 0 Å². The summed E-state index contributed by atoms with van der Waals surface area (Å²) in [6.07, 6.45) is 3.50. The zero-order valence-corrected chi connectivity index (χ0v) is 23.3. The maximum Gasteiger partial charge on any atom is 0.167 e. The van der Waals surface area contributed by atoms with Crippen LogP contribution in [0.5, 0.6) is 0 Å². The van der Waals surface area contributed by atoms with Crippen LogP contribution < -0.4 is 0 Å². The van der Waals surface area contributed by atoms with E-state index in [4.69, 9.17) is 23.8 Å². The number of benzene rings is 5. The van der Waals surface area contributed by atoms with Crippen LogP contribution in [-0.4, -0.2) is 19.9 Å². The molecule has 0 spiro atoms. The highest BCUT2D eigenvalue weighted by Crippen LogP contribution is 2.43. The molecule has 4 heterocycles. The molecule has 0 bridgehead atoms. The van der Waals surface area contributed by atoms with Crippen molar-refractivity contribution in [3.8, 4) is 45.3 Å². The Morgan fingerprint density at radius 1 is 0.409 bits per heavy atom. The Morgan fingerprint density at radius 2 is 1.02 bits per heavy atom. The van der Waals surface area contributed by atoms with E-state index in [1.54, 1.807) is 12.4 Å². The van der Waals surface area contributed by atoms with Crippen molar-refractivity contribution in [2.24, 2.45) is 0 Å². The van der Waals surface area contributed by atoms with Crippen LogP contribution in [0.15, 0.2) is 143 Å². The second-order valence-corrected chi connectivity index (χ2v) is 10.7. The molecule has 0 aliphatic heterocycles. The molecule has 0 aliphatic rings. The van der Waals surface area contributed by atoms with E-state index in [0.29, 0.717) is 23.1 Å². The molecule has 4 aromatic heterocycles. The molecule has 9 aromatic rings. The minimum absolute atomic E-state index is 0.531. The van der Waals surface area contributed by atoms with E-state index in [9.17, 15) is 0 Å². The third-order valence-electron chi connectivity index (χ3n) is 8.05. The van der Waals surface area contributed by atoms with Gasteiger partial charge in [-0.1, -0.05) is 91.0 Å². The van der Waals surface area contributed by atoms with E-state index in [1.165, 1.54) is 0 Å². The van der Waals surface area contributed by atoms with Crippen molar-refractivity contribution < 1.29 is 8.83 Å². The molecular formula is C38H22N4O2. The molecule has 0 radical (unpaired) electrons. The highest BCUT2D eigenvalue weighted by molar-refractivity contribution is 6.18. The number of hydrogen-bond donors (Lipinski definition) is 0. The summed E-state index contributed by atoms with van der Waals surface area (Å²) in [5, 5.41) is 4.18. The van der Waals surface area contributed by atoms with Crippen molar-refractivity contribution >= 4 is 43.9 Å². The molecule has 44 heavy (non-hydrogen) atoms. The topological polar surface area (TPSA) is 77.8 Å². The summed E-state index contributed by atoms with van der Waals surface area (Å²) in [6, 6.07) is 40.5. The molecule has 0 unspecified atom stereocenters. The lowest BCUT2D eigenvalue weighted by molar-refractivity contribution is 0.669. The Balaban J connectivity index is 1.29. The largest absolute Gasteiger partial charge is 0.455 e. The molecule has 6 nitrogen and oxygen atoms in total. The van der Waals surface area contributed by atoms with Gasteiger partial charge in [-0.2, -0.15) is 0 Å². The number of furan rings is 2. The predicted molar refractivity (Wildman–Crippen MR) is 174 cm³/mol. The molecule has 0 aliphatic carbocycles. The van der Waals surface area contributed by atoms with Gasteiger partial charge in [-0.3, -0.25) is 4.98 Å². The Hall–Kier alpha value is -6.14. The number of nitrogens with zero attached hydrogens (tertiary/aromatic N) is 4. The second kappa shape index (κ2) is 9.71. The van der Waals surface area contributed by atoms with Crippen LogP contribution in [0.4, 0.5) is 0 Å². The van der Waals surface area contributed by atoms with E-state index in [2.05, 4.69) is 41.4 Å². The van der Waals surface area contributed by atoms with Crippen molar-refractivity contribution in [2.45, 2.75) is 0 Å². The van der Waals surface area contributed by atoms with Gasteiger partial charge in [-0.15, -0.1) is 0 Å². The first kappa shape index (κ1) is 24.5. The first-order valence-electron chi connectivity index (χ1n) is 14.4. The fourth-order valence-corrected chi connectivity index (χ4v) is 6.04. The summed E-state index contributed by atoms with van der Waals surface area (Å²) >= 11 is 0. The fourth-order valence-electron chi connectivity index (χ4n) is 6.04. The molecule has 0 amide bonds. The van der Waals surface area contributed by atoms with Crippen molar-refractivity contribution in [1.82, 2.24) is 19.9 Å². The van der Waals surface area contributed by atoms with Crippen molar-refractivity contribution in [2.75, 3.05) is 0 Å². The summed E-state index contributed by atoms with van der Waals surface area (Å²) in [4.78, 5) is 19.0. The molecule has 0 N–H and O–H groups in total. The van der Waals surface area contributed by atoms with Crippen molar-refractivity contribution in [3.05, 3.63) is 134 Å². The van der Waals surface area contributed by atoms with Crippen LogP contribution >= 0.6 is 0 Å². The van der Waals surface area contributed by atoms with E-state index < -0.39 is 0 Å². The predicted octanol–water partition coefficient (Wildman–Crippen LogP) is 9.73. The van der Waals surface area contributed by atoms with Crippen molar-refractivity contribution in [1.29, 1.82) is 0 Å². The highest BCUT2D eigenvalue weighted by atomic mass is 16.3. The quantitative estimate of drug-likeness (QED) is 0.211. The zero-order chi connectivity index (χ0) is 29.0. The molecule has 0 fully saturated rings. The zero-order valence-electron chi connectivity index (χ0n) is 23.3. The molecular weight excluding hydrogens is 544 g/mol. The lowest BCUT2D eigenvalue weighted by Gasteiger charge is -2.08. The summed E-state index contributed by atoms with van der Waals surface area (Å²) in [5.74, 6) is 1.66. The van der Waals surface area contributed by atoms with Gasteiger partial charge < -0.3 is 8.83 Å². The normalized spacial score (nSPS) is 11.6. The molecule has 0 atom stereocenters. The number of pyridine rings is 1. The lowest BCUT2D eigenvalue weighted by atomic mass is 9.97. The van der Waals surface area contributed by atoms with Gasteiger partial charge in [-0.25, -0.2) is 15.0 Å². The van der Waals surface area contributed by atoms with E-state index in [-0.39, 0.29) is 0 Å². The summed E-state index contributed by atoms with van der Waals surface area (Å²) in [5.41, 5.74) is 7.79. The molecule has 206 valence electrons. The lowest BCUT2D eigenvalue weighted by Crippen LogP contribution is -2.00. The number of aromatic nitrogens is 4. The van der Waals surface area contributed by atoms with Gasteiger partial charge in [0.25, 0.3) is 0 Å². The Bertz CT molecular complexity index is 2440. The number of fused-ring (bicyclic) bond motifs is 6. The van der Waals surface area contributed by atoms with E-state index >= 15 is 0 Å². The first-order chi connectivity index (χ1) is 21.8. The van der Waals surface area contributed by atoms with E-state index in [1.807, 2.05) is 84.9 Å². The standard InChI is InChI=1S/C38H22N4O2/c1-2-10-23(11-3-1)36-40-37(24-12-9-21-39-22-24)42-38(41-36)30-18-7-17-29-33-26(14-8-20-32(33)44-35(29)30)28-16-6-15-27-25-13-4-5-19-31(25)43-34(27)28/h1-22H. The average Bonchev–Trinajstić information content (AvgIpc) is 3.68. The minimum atomic E-state index is 0.531. The molecule has 0 saturated carbocycles. The van der Waals surface area contributed by atoms with Gasteiger partial charge in [0.2, 0.25) is 0 Å². The third kappa shape index (κ3) is 3.82. The Morgan fingerprint density at radius 3 is 1.89 bits per heavy atom. The number of para-hydroxylation sites is 3. The van der Waals surface area contributed by atoms with Crippen LogP contribution in [0.1, 0.15) is 0 Å². The van der Waals surface area contributed by atoms with Gasteiger partial charge >= 0.3 is 0 Å². The molecule has 0 saturated heterocycles. The molecule has 9 rings (SSSR count). The first-order valence-corrected chi connectivity index (χ1v) is 14.4. The Labute approximate surface area is 251 Å². The summed E-state index contributed by atoms with van der Waals surface area (Å²) in [7, 11) is 0. The number of rotatable bonds is 4. The second-order valence-electron chi connectivity index (χ2n) is 10.7. The maximum absolute atomic E-state index is 6.62. The van der Waals surface area contributed by atoms with Crippen LogP contribution in [0, 0.1) is 0 Å². The minimum Gasteiger partial charge on any atom is -0.455 e. The van der Waals surface area contributed by atoms with Crippen LogP contribution in [0.2, 0.25) is 0 Å². The summed E-state index contributed by atoms with van der Waals surface area (Å²) < 4.78 is 13.0. The van der Waals surface area contributed by atoms with E-state index in [0.717, 1.165) is 66.1 Å². The van der Waals surface area contributed by atoms with Crippen LogP contribution in [0.3, 0.4) is 0 Å². The van der Waals surface area contributed by atoms with Gasteiger partial charge in [0.1, 0.15) is 22.3 Å². The smallest absolute Gasteiger partial charge is 0.167 e. The molecule has 6 heteroatoms. The molecule has 5 aromatic carbocycles. The highest BCUT2D eigenvalue weighted by Gasteiger charge is 2.21. The summed E-state index contributed by atoms with van der Waals surface area (Å²) in [6.45, 7) is 0. The monoisotopic (exact) mass is 566 g/mol. The average molecular weight is 567 g/mol. The maximum atomic E-state index is 6.62. The van der Waals surface area contributed by atoms with Gasteiger partial charge in [0.05, 0.1) is 5.56 Å². The SMILES string of the molecule is c1ccc(-c2nc(-c3cccnc3)nc(-c3cccc4c3oc3cccc(-c5cccc6c5oc5ccccc56)c34)n2)cc1. The van der Waals surface area contributed by atoms with Gasteiger partial charge in [-0.05, 0) is 35.9 Å². The fraction of sp³-hybridized carbons (Fsp3) is 0. The van der Waals surface area contributed by atoms with Crippen LogP contribution in [0.25, 0.3) is 89.2 Å². The van der Waals surface area contributed by atoms with Gasteiger partial charge in [0, 0.05) is 50.6 Å².